The Hall–Kier alpha value is -1.68. The summed E-state index contributed by atoms with van der Waals surface area (Å²) in [4.78, 5) is 26.3. The van der Waals surface area contributed by atoms with Gasteiger partial charge in [0.15, 0.2) is 0 Å². The normalized spacial score (nSPS) is 20.3. The van der Waals surface area contributed by atoms with Crippen molar-refractivity contribution >= 4 is 11.8 Å². The lowest BCUT2D eigenvalue weighted by atomic mass is 9.95. The Morgan fingerprint density at radius 3 is 2.57 bits per heavy atom. The molecule has 1 unspecified atom stereocenters. The molecule has 0 aliphatic carbocycles. The van der Waals surface area contributed by atoms with Crippen LogP contribution in [0.4, 0.5) is 0 Å². The van der Waals surface area contributed by atoms with Gasteiger partial charge in [0.25, 0.3) is 0 Å². The Morgan fingerprint density at radius 1 is 1.29 bits per heavy atom. The molecular weight excluding hydrogens is 266 g/mol. The number of Topliss-reactive ketones (excluding diaryl/α,β-unsaturated/α-hetero) is 1. The molecule has 0 N–H and O–H groups in total. The molecule has 1 atom stereocenters. The van der Waals surface area contributed by atoms with E-state index in [1.54, 1.807) is 0 Å². The summed E-state index contributed by atoms with van der Waals surface area (Å²) in [7, 11) is 0. The monoisotopic (exact) mass is 289 g/mol. The van der Waals surface area contributed by atoms with Gasteiger partial charge < -0.3 is 4.74 Å². The molecule has 0 aromatic heterocycles. The third kappa shape index (κ3) is 4.67. The van der Waals surface area contributed by atoms with Gasteiger partial charge in [0.1, 0.15) is 17.3 Å². The van der Waals surface area contributed by atoms with E-state index in [1.807, 2.05) is 39.0 Å². The summed E-state index contributed by atoms with van der Waals surface area (Å²) < 4.78 is 5.36. The summed E-state index contributed by atoms with van der Waals surface area (Å²) in [6.07, 6.45) is 0.413. The number of ether oxygens (including phenoxy) is 1. The van der Waals surface area contributed by atoms with E-state index >= 15 is 0 Å². The number of carbonyl (C=O) groups excluding carboxylic acids is 2. The molecule has 0 radical (unpaired) electrons. The van der Waals surface area contributed by atoms with Crippen LogP contribution in [0.2, 0.25) is 0 Å². The first kappa shape index (κ1) is 15.7. The largest absolute Gasteiger partial charge is 0.459 e. The van der Waals surface area contributed by atoms with Crippen molar-refractivity contribution < 1.29 is 14.3 Å². The van der Waals surface area contributed by atoms with Crippen LogP contribution < -0.4 is 0 Å². The first-order valence-electron chi connectivity index (χ1n) is 7.37. The summed E-state index contributed by atoms with van der Waals surface area (Å²) >= 11 is 0. The number of nitrogens with zero attached hydrogens (tertiary/aromatic N) is 1. The highest BCUT2D eigenvalue weighted by atomic mass is 16.6. The Morgan fingerprint density at radius 2 is 1.95 bits per heavy atom. The standard InChI is InChI=1S/C17H23NO3/c1-17(2,3)21-16(20)14-12-18(10-9-15(14)19)11-13-7-5-4-6-8-13/h4-8,14H,9-12H2,1-3H3. The molecule has 1 fully saturated rings. The summed E-state index contributed by atoms with van der Waals surface area (Å²) in [6.45, 7) is 7.36. The molecule has 1 heterocycles. The first-order chi connectivity index (χ1) is 9.85. The first-order valence-corrected chi connectivity index (χ1v) is 7.37. The van der Waals surface area contributed by atoms with Crippen molar-refractivity contribution in [2.45, 2.75) is 39.3 Å². The van der Waals surface area contributed by atoms with Gasteiger partial charge in [0, 0.05) is 26.1 Å². The van der Waals surface area contributed by atoms with Crippen LogP contribution in [0.5, 0.6) is 0 Å². The number of carbonyl (C=O) groups is 2. The number of esters is 1. The van der Waals surface area contributed by atoms with Crippen LogP contribution in [0.1, 0.15) is 32.8 Å². The number of ketones is 1. The zero-order valence-corrected chi connectivity index (χ0v) is 13.0. The highest BCUT2D eigenvalue weighted by Gasteiger charge is 2.35. The molecule has 21 heavy (non-hydrogen) atoms. The van der Waals surface area contributed by atoms with Crippen LogP contribution in [0.25, 0.3) is 0 Å². The van der Waals surface area contributed by atoms with E-state index in [9.17, 15) is 9.59 Å². The number of likely N-dealkylation sites (tertiary alicyclic amines) is 1. The number of hydrogen-bond donors (Lipinski definition) is 0. The highest BCUT2D eigenvalue weighted by Crippen LogP contribution is 2.19. The average Bonchev–Trinajstić information content (AvgIpc) is 2.40. The van der Waals surface area contributed by atoms with Crippen molar-refractivity contribution in [1.82, 2.24) is 4.90 Å². The minimum Gasteiger partial charge on any atom is -0.459 e. The van der Waals surface area contributed by atoms with E-state index in [4.69, 9.17) is 4.74 Å². The molecule has 1 aliphatic rings. The van der Waals surface area contributed by atoms with Crippen molar-refractivity contribution in [3.8, 4) is 0 Å². The van der Waals surface area contributed by atoms with Crippen molar-refractivity contribution in [3.05, 3.63) is 35.9 Å². The summed E-state index contributed by atoms with van der Waals surface area (Å²) in [5.41, 5.74) is 0.633. The maximum atomic E-state index is 12.2. The zero-order valence-electron chi connectivity index (χ0n) is 13.0. The van der Waals surface area contributed by atoms with Crippen molar-refractivity contribution in [3.63, 3.8) is 0 Å². The molecule has 4 heteroatoms. The molecule has 0 amide bonds. The van der Waals surface area contributed by atoms with Crippen molar-refractivity contribution in [1.29, 1.82) is 0 Å². The second-order valence-corrected chi connectivity index (χ2v) is 6.52. The van der Waals surface area contributed by atoms with Gasteiger partial charge in [-0.25, -0.2) is 0 Å². The highest BCUT2D eigenvalue weighted by molar-refractivity contribution is 6.00. The fraction of sp³-hybridized carbons (Fsp3) is 0.529. The number of hydrogen-bond acceptors (Lipinski definition) is 4. The topological polar surface area (TPSA) is 46.6 Å². The Bertz CT molecular complexity index is 505. The molecule has 1 aromatic rings. The molecule has 4 nitrogen and oxygen atoms in total. The van der Waals surface area contributed by atoms with E-state index in [2.05, 4.69) is 17.0 Å². The van der Waals surface area contributed by atoms with Crippen LogP contribution in [0.15, 0.2) is 30.3 Å². The lowest BCUT2D eigenvalue weighted by Crippen LogP contribution is -2.45. The Labute approximate surface area is 126 Å². The van der Waals surface area contributed by atoms with Gasteiger partial charge in [-0.05, 0) is 26.3 Å². The molecule has 1 aliphatic heterocycles. The predicted molar refractivity (Wildman–Crippen MR) is 80.7 cm³/mol. The smallest absolute Gasteiger partial charge is 0.318 e. The average molecular weight is 289 g/mol. The molecule has 0 bridgehead atoms. The van der Waals surface area contributed by atoms with E-state index in [0.29, 0.717) is 19.5 Å². The SMILES string of the molecule is CC(C)(C)OC(=O)C1CN(Cc2ccccc2)CCC1=O. The third-order valence-corrected chi connectivity index (χ3v) is 3.44. The summed E-state index contributed by atoms with van der Waals surface area (Å²) in [5.74, 6) is -1.06. The molecule has 114 valence electrons. The van der Waals surface area contributed by atoms with E-state index < -0.39 is 17.5 Å². The minimum absolute atomic E-state index is 0.00596. The number of piperidine rings is 1. The number of benzene rings is 1. The van der Waals surface area contributed by atoms with E-state index in [0.717, 1.165) is 6.54 Å². The van der Waals surface area contributed by atoms with Gasteiger partial charge in [-0.2, -0.15) is 0 Å². The Kier molecular flexibility index (Phi) is 4.78. The molecule has 1 aromatic carbocycles. The molecule has 0 saturated carbocycles. The molecule has 0 spiro atoms. The van der Waals surface area contributed by atoms with Gasteiger partial charge in [0.2, 0.25) is 0 Å². The fourth-order valence-corrected chi connectivity index (χ4v) is 2.46. The predicted octanol–water partition coefficient (Wildman–Crippen LogP) is 2.42. The van der Waals surface area contributed by atoms with E-state index in [1.165, 1.54) is 5.56 Å². The minimum atomic E-state index is -0.651. The summed E-state index contributed by atoms with van der Waals surface area (Å²) in [6, 6.07) is 10.1. The summed E-state index contributed by atoms with van der Waals surface area (Å²) in [5, 5.41) is 0. The van der Waals surface area contributed by atoms with Gasteiger partial charge >= 0.3 is 5.97 Å². The van der Waals surface area contributed by atoms with Gasteiger partial charge in [-0.3, -0.25) is 14.5 Å². The van der Waals surface area contributed by atoms with Crippen molar-refractivity contribution in [2.75, 3.05) is 13.1 Å². The van der Waals surface area contributed by atoms with Crippen molar-refractivity contribution in [2.24, 2.45) is 5.92 Å². The van der Waals surface area contributed by atoms with E-state index in [-0.39, 0.29) is 5.78 Å². The van der Waals surface area contributed by atoms with Gasteiger partial charge in [-0.1, -0.05) is 30.3 Å². The quantitative estimate of drug-likeness (QED) is 0.633. The molecule has 2 rings (SSSR count). The van der Waals surface area contributed by atoms with Crippen LogP contribution in [-0.4, -0.2) is 35.3 Å². The Balaban J connectivity index is 1.99. The second kappa shape index (κ2) is 6.39. The lowest BCUT2D eigenvalue weighted by Gasteiger charge is -2.32. The maximum Gasteiger partial charge on any atom is 0.318 e. The second-order valence-electron chi connectivity index (χ2n) is 6.52. The maximum absolute atomic E-state index is 12.2. The lowest BCUT2D eigenvalue weighted by molar-refractivity contribution is -0.164. The third-order valence-electron chi connectivity index (χ3n) is 3.44. The number of rotatable bonds is 3. The fourth-order valence-electron chi connectivity index (χ4n) is 2.46. The molecule has 1 saturated heterocycles. The van der Waals surface area contributed by atoms with Crippen LogP contribution in [0, 0.1) is 5.92 Å². The van der Waals surface area contributed by atoms with Crippen LogP contribution in [0.3, 0.4) is 0 Å². The zero-order chi connectivity index (χ0) is 15.5. The van der Waals surface area contributed by atoms with Crippen LogP contribution in [-0.2, 0) is 20.9 Å². The van der Waals surface area contributed by atoms with Crippen LogP contribution >= 0.6 is 0 Å². The van der Waals surface area contributed by atoms with Gasteiger partial charge in [-0.15, -0.1) is 0 Å². The molecular formula is C17H23NO3. The van der Waals surface area contributed by atoms with Gasteiger partial charge in [0.05, 0.1) is 0 Å².